The molecule has 0 radical (unpaired) electrons. The molecule has 2 aromatic heterocycles. The van der Waals surface area contributed by atoms with Gasteiger partial charge in [-0.15, -0.1) is 5.10 Å². The molecule has 0 bridgehead atoms. The molecule has 3 rings (SSSR count). The van der Waals surface area contributed by atoms with E-state index in [1.54, 1.807) is 0 Å². The molecular weight excluding hydrogens is 218 g/mol. The molecule has 0 aromatic carbocycles. The third-order valence-electron chi connectivity index (χ3n) is 3.03. The van der Waals surface area contributed by atoms with Crippen LogP contribution >= 0.6 is 11.8 Å². The van der Waals surface area contributed by atoms with Crippen LogP contribution in [0.3, 0.4) is 0 Å². The van der Waals surface area contributed by atoms with Crippen molar-refractivity contribution >= 4 is 17.4 Å². The molecule has 3 nitrogen and oxygen atoms in total. The number of thioether (sulfide) groups is 1. The molecule has 1 unspecified atom stereocenters. The van der Waals surface area contributed by atoms with E-state index >= 15 is 0 Å². The van der Waals surface area contributed by atoms with Crippen LogP contribution in [-0.2, 0) is 0 Å². The van der Waals surface area contributed by atoms with Crippen molar-refractivity contribution in [1.29, 1.82) is 0 Å². The fourth-order valence-electron chi connectivity index (χ4n) is 2.13. The van der Waals surface area contributed by atoms with E-state index < -0.39 is 0 Å². The highest BCUT2D eigenvalue weighted by atomic mass is 32.2. The number of fused-ring (bicyclic) bond motifs is 1. The van der Waals surface area contributed by atoms with Crippen molar-refractivity contribution in [2.75, 3.05) is 5.75 Å². The van der Waals surface area contributed by atoms with E-state index in [4.69, 9.17) is 0 Å². The Morgan fingerprint density at radius 2 is 2.31 bits per heavy atom. The zero-order chi connectivity index (χ0) is 11.0. The molecule has 0 saturated carbocycles. The number of aryl methyl sites for hydroxylation is 1. The molecule has 16 heavy (non-hydrogen) atoms. The minimum atomic E-state index is 0.507. The fourth-order valence-corrected chi connectivity index (χ4v) is 3.37. The Morgan fingerprint density at radius 3 is 3.06 bits per heavy atom. The average molecular weight is 233 g/mol. The van der Waals surface area contributed by atoms with Crippen molar-refractivity contribution < 1.29 is 0 Å². The lowest BCUT2D eigenvalue weighted by atomic mass is 10.2. The summed E-state index contributed by atoms with van der Waals surface area (Å²) in [5.74, 6) is 2.26. The predicted octanol–water partition coefficient (Wildman–Crippen LogP) is 3.00. The number of pyridine rings is 1. The lowest BCUT2D eigenvalue weighted by Crippen LogP contribution is -2.04. The van der Waals surface area contributed by atoms with Crippen molar-refractivity contribution in [3.63, 3.8) is 0 Å². The van der Waals surface area contributed by atoms with Crippen LogP contribution in [-0.4, -0.2) is 20.4 Å². The van der Waals surface area contributed by atoms with E-state index in [2.05, 4.69) is 23.1 Å². The van der Waals surface area contributed by atoms with Gasteiger partial charge in [0.15, 0.2) is 11.5 Å². The molecule has 4 heteroatoms. The van der Waals surface area contributed by atoms with Gasteiger partial charge in [-0.2, -0.15) is 11.8 Å². The number of aromatic nitrogens is 3. The van der Waals surface area contributed by atoms with Crippen LogP contribution in [0.15, 0.2) is 18.2 Å². The second kappa shape index (κ2) is 4.09. The topological polar surface area (TPSA) is 30.2 Å². The molecule has 0 amide bonds. The molecular formula is C12H15N3S. The number of hydrogen-bond acceptors (Lipinski definition) is 3. The summed E-state index contributed by atoms with van der Waals surface area (Å²) in [4.78, 5) is 4.63. The molecule has 2 aromatic rings. The Kier molecular flexibility index (Phi) is 2.59. The van der Waals surface area contributed by atoms with Crippen LogP contribution in [0.2, 0.25) is 0 Å². The predicted molar refractivity (Wildman–Crippen MR) is 66.8 cm³/mol. The number of rotatable bonds is 1. The first-order chi connectivity index (χ1) is 7.84. The Balaban J connectivity index is 2.01. The molecule has 84 valence electrons. The third kappa shape index (κ3) is 1.71. The van der Waals surface area contributed by atoms with Crippen molar-refractivity contribution in [2.45, 2.75) is 31.4 Å². The summed E-state index contributed by atoms with van der Waals surface area (Å²) in [6.07, 6.45) is 3.88. The molecule has 1 atom stereocenters. The van der Waals surface area contributed by atoms with E-state index in [1.807, 2.05) is 28.4 Å². The molecule has 0 N–H and O–H groups in total. The van der Waals surface area contributed by atoms with Crippen LogP contribution in [0.4, 0.5) is 0 Å². The van der Waals surface area contributed by atoms with Crippen LogP contribution in [0.25, 0.3) is 5.65 Å². The summed E-state index contributed by atoms with van der Waals surface area (Å²) in [6, 6.07) is 6.13. The van der Waals surface area contributed by atoms with Crippen molar-refractivity contribution in [1.82, 2.24) is 14.6 Å². The van der Waals surface area contributed by atoms with Gasteiger partial charge < -0.3 is 0 Å². The first-order valence-corrected chi connectivity index (χ1v) is 6.83. The zero-order valence-electron chi connectivity index (χ0n) is 9.39. The first kappa shape index (κ1) is 10.1. The van der Waals surface area contributed by atoms with Gasteiger partial charge in [0.25, 0.3) is 0 Å². The monoisotopic (exact) mass is 233 g/mol. The molecule has 0 spiro atoms. The van der Waals surface area contributed by atoms with E-state index in [9.17, 15) is 0 Å². The second-order valence-corrected chi connectivity index (χ2v) is 5.57. The van der Waals surface area contributed by atoms with Crippen molar-refractivity contribution in [2.24, 2.45) is 0 Å². The molecule has 1 aliphatic heterocycles. The van der Waals surface area contributed by atoms with E-state index in [0.717, 1.165) is 17.2 Å². The smallest absolute Gasteiger partial charge is 0.164 e. The average Bonchev–Trinajstić information content (AvgIpc) is 2.76. The largest absolute Gasteiger partial charge is 0.218 e. The van der Waals surface area contributed by atoms with Gasteiger partial charge in [0.05, 0.1) is 5.25 Å². The molecule has 3 heterocycles. The van der Waals surface area contributed by atoms with Crippen LogP contribution in [0, 0.1) is 6.92 Å². The fraction of sp³-hybridized carbons (Fsp3) is 0.500. The maximum absolute atomic E-state index is 4.63. The van der Waals surface area contributed by atoms with Gasteiger partial charge in [0.1, 0.15) is 0 Å². The molecule has 1 aliphatic rings. The summed E-state index contributed by atoms with van der Waals surface area (Å²) < 4.78 is 1.95. The van der Waals surface area contributed by atoms with E-state index in [-0.39, 0.29) is 0 Å². The SMILES string of the molecule is Cc1cccc2nc(C3CCCCS3)nn12. The van der Waals surface area contributed by atoms with Crippen LogP contribution in [0.1, 0.15) is 36.0 Å². The lowest BCUT2D eigenvalue weighted by molar-refractivity contribution is 0.660. The standard InChI is InChI=1S/C12H15N3S/c1-9-5-4-7-11-13-12(14-15(9)11)10-6-2-3-8-16-10/h4-5,7,10H,2-3,6,8H2,1H3. The quantitative estimate of drug-likeness (QED) is 0.758. The van der Waals surface area contributed by atoms with Crippen LogP contribution < -0.4 is 0 Å². The molecule has 1 saturated heterocycles. The maximum Gasteiger partial charge on any atom is 0.164 e. The highest BCUT2D eigenvalue weighted by Crippen LogP contribution is 2.36. The first-order valence-electron chi connectivity index (χ1n) is 5.78. The highest BCUT2D eigenvalue weighted by molar-refractivity contribution is 7.99. The van der Waals surface area contributed by atoms with Gasteiger partial charge in [-0.25, -0.2) is 9.50 Å². The van der Waals surface area contributed by atoms with Gasteiger partial charge in [-0.3, -0.25) is 0 Å². The van der Waals surface area contributed by atoms with Gasteiger partial charge in [-0.1, -0.05) is 12.5 Å². The van der Waals surface area contributed by atoms with Crippen molar-refractivity contribution in [3.8, 4) is 0 Å². The summed E-state index contributed by atoms with van der Waals surface area (Å²) in [5, 5.41) is 5.13. The van der Waals surface area contributed by atoms with E-state index in [0.29, 0.717) is 5.25 Å². The summed E-state index contributed by atoms with van der Waals surface area (Å²) in [6.45, 7) is 2.07. The normalized spacial score (nSPS) is 21.4. The van der Waals surface area contributed by atoms with Gasteiger partial charge in [-0.05, 0) is 37.7 Å². The summed E-state index contributed by atoms with van der Waals surface area (Å²) in [5.41, 5.74) is 2.12. The van der Waals surface area contributed by atoms with Gasteiger partial charge in [0, 0.05) is 5.69 Å². The second-order valence-electron chi connectivity index (χ2n) is 4.26. The Bertz CT molecular complexity index is 500. The summed E-state index contributed by atoms with van der Waals surface area (Å²) >= 11 is 2.00. The Hall–Kier alpha value is -1.03. The van der Waals surface area contributed by atoms with Gasteiger partial charge in [0.2, 0.25) is 0 Å². The van der Waals surface area contributed by atoms with E-state index in [1.165, 1.54) is 25.0 Å². The third-order valence-corrected chi connectivity index (χ3v) is 4.41. The van der Waals surface area contributed by atoms with Crippen LogP contribution in [0.5, 0.6) is 0 Å². The molecule has 0 aliphatic carbocycles. The minimum Gasteiger partial charge on any atom is -0.218 e. The highest BCUT2D eigenvalue weighted by Gasteiger charge is 2.20. The summed E-state index contributed by atoms with van der Waals surface area (Å²) in [7, 11) is 0. The zero-order valence-corrected chi connectivity index (χ0v) is 10.2. The number of nitrogens with zero attached hydrogens (tertiary/aromatic N) is 3. The molecule has 1 fully saturated rings. The number of hydrogen-bond donors (Lipinski definition) is 0. The van der Waals surface area contributed by atoms with Gasteiger partial charge >= 0.3 is 0 Å². The maximum atomic E-state index is 4.63. The minimum absolute atomic E-state index is 0.507. The Labute approximate surface area is 99.3 Å². The Morgan fingerprint density at radius 1 is 1.38 bits per heavy atom. The van der Waals surface area contributed by atoms with Crippen molar-refractivity contribution in [3.05, 3.63) is 29.7 Å². The lowest BCUT2D eigenvalue weighted by Gasteiger charge is -2.17.